The van der Waals surface area contributed by atoms with Crippen molar-refractivity contribution in [2.24, 2.45) is 0 Å². The lowest BCUT2D eigenvalue weighted by atomic mass is 10.1. The third kappa shape index (κ3) is 3.92. The van der Waals surface area contributed by atoms with E-state index in [2.05, 4.69) is 21.2 Å². The summed E-state index contributed by atoms with van der Waals surface area (Å²) in [5, 5.41) is 2.56. The zero-order chi connectivity index (χ0) is 17.1. The quantitative estimate of drug-likeness (QED) is 0.350. The maximum Gasteiger partial charge on any atom is 0.343 e. The molecule has 0 radical (unpaired) electrons. The van der Waals surface area contributed by atoms with Crippen LogP contribution in [0.3, 0.4) is 0 Å². The molecule has 1 N–H and O–H groups in total. The largest absolute Gasteiger partial charge is 0.422 e. The van der Waals surface area contributed by atoms with Crippen LogP contribution >= 0.6 is 39.9 Å². The molecule has 0 aliphatic carbocycles. The second-order valence-electron chi connectivity index (χ2n) is 4.79. The molecule has 3 rings (SSSR count). The Balaban J connectivity index is 1.92. The van der Waals surface area contributed by atoms with E-state index in [9.17, 15) is 9.59 Å². The van der Waals surface area contributed by atoms with Crippen LogP contribution in [0.2, 0.25) is 0 Å². The summed E-state index contributed by atoms with van der Waals surface area (Å²) in [6.45, 7) is 0. The summed E-state index contributed by atoms with van der Waals surface area (Å²) in [6, 6.07) is 13.9. The second-order valence-corrected chi connectivity index (χ2v) is 7.42. The fourth-order valence-electron chi connectivity index (χ4n) is 2.02. The molecule has 2 aromatic carbocycles. The standard InChI is InChI=1S/C17H10BrNO3S2/c18-12-6-7-13(22-16(21)10-4-2-1-3-5-10)11(8-12)9-14-15(20)19-17(23)24-14/h1-9H,(H,19,20,23)/b14-9-. The molecule has 2 aromatic rings. The van der Waals surface area contributed by atoms with Crippen molar-refractivity contribution in [3.05, 3.63) is 69.0 Å². The lowest BCUT2D eigenvalue weighted by Gasteiger charge is -2.08. The normalized spacial score (nSPS) is 15.5. The van der Waals surface area contributed by atoms with Crippen molar-refractivity contribution in [1.82, 2.24) is 5.32 Å². The van der Waals surface area contributed by atoms with E-state index in [0.717, 1.165) is 4.47 Å². The van der Waals surface area contributed by atoms with Crippen molar-refractivity contribution in [3.63, 3.8) is 0 Å². The van der Waals surface area contributed by atoms with Gasteiger partial charge in [-0.25, -0.2) is 4.79 Å². The summed E-state index contributed by atoms with van der Waals surface area (Å²) in [7, 11) is 0. The highest BCUT2D eigenvalue weighted by Crippen LogP contribution is 2.31. The molecule has 1 aliphatic heterocycles. The molecule has 0 unspecified atom stereocenters. The molecule has 1 saturated heterocycles. The number of rotatable bonds is 3. The van der Waals surface area contributed by atoms with Crippen LogP contribution in [0.4, 0.5) is 0 Å². The zero-order valence-corrected chi connectivity index (χ0v) is 15.3. The Bertz CT molecular complexity index is 865. The van der Waals surface area contributed by atoms with Gasteiger partial charge in [-0.15, -0.1) is 0 Å². The first-order valence-electron chi connectivity index (χ1n) is 6.84. The number of halogens is 1. The number of carbonyl (C=O) groups excluding carboxylic acids is 2. The van der Waals surface area contributed by atoms with Crippen molar-refractivity contribution in [2.75, 3.05) is 0 Å². The summed E-state index contributed by atoms with van der Waals surface area (Å²) in [5.41, 5.74) is 1.06. The van der Waals surface area contributed by atoms with Gasteiger partial charge in [0, 0.05) is 10.0 Å². The number of nitrogens with one attached hydrogen (secondary N) is 1. The number of esters is 1. The van der Waals surface area contributed by atoms with Gasteiger partial charge in [-0.05, 0) is 36.4 Å². The highest BCUT2D eigenvalue weighted by Gasteiger charge is 2.23. The van der Waals surface area contributed by atoms with E-state index in [4.69, 9.17) is 17.0 Å². The van der Waals surface area contributed by atoms with Gasteiger partial charge in [0.1, 0.15) is 10.1 Å². The molecule has 1 aliphatic rings. The Morgan fingerprint density at radius 1 is 1.21 bits per heavy atom. The van der Waals surface area contributed by atoms with Crippen LogP contribution in [0, 0.1) is 0 Å². The first-order chi connectivity index (χ1) is 11.5. The van der Waals surface area contributed by atoms with Gasteiger partial charge in [-0.1, -0.05) is 58.1 Å². The van der Waals surface area contributed by atoms with Crippen LogP contribution in [0.15, 0.2) is 57.9 Å². The number of thiocarbonyl (C=S) groups is 1. The number of ether oxygens (including phenoxy) is 1. The minimum absolute atomic E-state index is 0.259. The van der Waals surface area contributed by atoms with Gasteiger partial charge < -0.3 is 10.1 Å². The Hall–Kier alpha value is -1.96. The van der Waals surface area contributed by atoms with E-state index in [1.165, 1.54) is 11.8 Å². The first-order valence-corrected chi connectivity index (χ1v) is 8.86. The number of hydrogen-bond donors (Lipinski definition) is 1. The molecule has 1 heterocycles. The van der Waals surface area contributed by atoms with Gasteiger partial charge in [-0.2, -0.15) is 0 Å². The average Bonchev–Trinajstić information content (AvgIpc) is 2.88. The maximum absolute atomic E-state index is 12.2. The predicted octanol–water partition coefficient (Wildman–Crippen LogP) is 4.16. The van der Waals surface area contributed by atoms with Crippen molar-refractivity contribution in [2.45, 2.75) is 0 Å². The minimum Gasteiger partial charge on any atom is -0.422 e. The third-order valence-corrected chi connectivity index (χ3v) is 4.77. The Labute approximate surface area is 156 Å². The third-order valence-electron chi connectivity index (χ3n) is 3.11. The van der Waals surface area contributed by atoms with Crippen LogP contribution in [0.1, 0.15) is 15.9 Å². The molecule has 0 aromatic heterocycles. The maximum atomic E-state index is 12.2. The lowest BCUT2D eigenvalue weighted by Crippen LogP contribution is -2.17. The highest BCUT2D eigenvalue weighted by molar-refractivity contribution is 9.10. The summed E-state index contributed by atoms with van der Waals surface area (Å²) in [5.74, 6) is -0.354. The molecule has 1 fully saturated rings. The summed E-state index contributed by atoms with van der Waals surface area (Å²) in [6.07, 6.45) is 1.65. The monoisotopic (exact) mass is 419 g/mol. The smallest absolute Gasteiger partial charge is 0.343 e. The van der Waals surface area contributed by atoms with Crippen molar-refractivity contribution in [3.8, 4) is 5.75 Å². The molecule has 120 valence electrons. The van der Waals surface area contributed by atoms with Gasteiger partial charge in [0.25, 0.3) is 5.91 Å². The van der Waals surface area contributed by atoms with E-state index in [1.54, 1.807) is 48.5 Å². The minimum atomic E-state index is -0.461. The summed E-state index contributed by atoms with van der Waals surface area (Å²) >= 11 is 9.53. The number of carbonyl (C=O) groups is 2. The van der Waals surface area contributed by atoms with Crippen LogP contribution in [-0.4, -0.2) is 16.2 Å². The fourth-order valence-corrected chi connectivity index (χ4v) is 3.43. The highest BCUT2D eigenvalue weighted by atomic mass is 79.9. The predicted molar refractivity (Wildman–Crippen MR) is 102 cm³/mol. The first kappa shape index (κ1) is 16.9. The molecule has 1 amide bonds. The average molecular weight is 420 g/mol. The number of thioether (sulfide) groups is 1. The van der Waals surface area contributed by atoms with Crippen LogP contribution in [0.5, 0.6) is 5.75 Å². The van der Waals surface area contributed by atoms with Crippen LogP contribution in [0.25, 0.3) is 6.08 Å². The van der Waals surface area contributed by atoms with Gasteiger partial charge in [0.15, 0.2) is 0 Å². The van der Waals surface area contributed by atoms with E-state index in [-0.39, 0.29) is 5.91 Å². The Morgan fingerprint density at radius 2 is 1.96 bits per heavy atom. The van der Waals surface area contributed by atoms with Gasteiger partial charge in [0.05, 0.1) is 10.5 Å². The van der Waals surface area contributed by atoms with Crippen molar-refractivity contribution < 1.29 is 14.3 Å². The second kappa shape index (κ2) is 7.29. The molecular weight excluding hydrogens is 410 g/mol. The number of benzene rings is 2. The number of amides is 1. The lowest BCUT2D eigenvalue weighted by molar-refractivity contribution is -0.115. The Morgan fingerprint density at radius 3 is 2.62 bits per heavy atom. The molecule has 24 heavy (non-hydrogen) atoms. The van der Waals surface area contributed by atoms with Crippen molar-refractivity contribution >= 4 is 62.2 Å². The van der Waals surface area contributed by atoms with E-state index in [1.807, 2.05) is 6.07 Å². The molecule has 4 nitrogen and oxygen atoms in total. The topological polar surface area (TPSA) is 55.4 Å². The zero-order valence-electron chi connectivity index (χ0n) is 12.1. The van der Waals surface area contributed by atoms with Crippen molar-refractivity contribution in [1.29, 1.82) is 0 Å². The molecule has 7 heteroatoms. The Kier molecular flexibility index (Phi) is 5.13. The van der Waals surface area contributed by atoms with Gasteiger partial charge >= 0.3 is 5.97 Å². The van der Waals surface area contributed by atoms with E-state index < -0.39 is 5.97 Å². The molecule has 0 atom stereocenters. The molecular formula is C17H10BrNO3S2. The van der Waals surface area contributed by atoms with Gasteiger partial charge in [0.2, 0.25) is 0 Å². The SMILES string of the molecule is O=C1NC(=S)S/C1=C\c1cc(Br)ccc1OC(=O)c1ccccc1. The van der Waals surface area contributed by atoms with E-state index >= 15 is 0 Å². The molecule has 0 spiro atoms. The van der Waals surface area contributed by atoms with Crippen LogP contribution in [-0.2, 0) is 4.79 Å². The summed E-state index contributed by atoms with van der Waals surface area (Å²) in [4.78, 5) is 24.5. The molecule has 0 bridgehead atoms. The number of hydrogen-bond acceptors (Lipinski definition) is 5. The molecule has 0 saturated carbocycles. The van der Waals surface area contributed by atoms with E-state index in [0.29, 0.717) is 26.1 Å². The van der Waals surface area contributed by atoms with Crippen LogP contribution < -0.4 is 10.1 Å². The summed E-state index contributed by atoms with van der Waals surface area (Å²) < 4.78 is 6.69. The van der Waals surface area contributed by atoms with Gasteiger partial charge in [-0.3, -0.25) is 4.79 Å². The fraction of sp³-hybridized carbons (Fsp3) is 0.